The van der Waals surface area contributed by atoms with Gasteiger partial charge in [-0.15, -0.1) is 0 Å². The van der Waals surface area contributed by atoms with E-state index in [1.807, 2.05) is 0 Å². The summed E-state index contributed by atoms with van der Waals surface area (Å²) in [5, 5.41) is 23.5. The average Bonchev–Trinajstić information content (AvgIpc) is 3.04. The van der Waals surface area contributed by atoms with Crippen molar-refractivity contribution in [1.29, 1.82) is 0 Å². The molecule has 0 saturated heterocycles. The van der Waals surface area contributed by atoms with Crippen LogP contribution in [-0.2, 0) is 22.4 Å². The molecule has 1 fully saturated rings. The van der Waals surface area contributed by atoms with Gasteiger partial charge in [-0.25, -0.2) is 4.79 Å². The molecular formula is C19H22N2O6. The van der Waals surface area contributed by atoms with E-state index in [-0.39, 0.29) is 42.2 Å². The molecule has 1 atom stereocenters. The Kier molecular flexibility index (Phi) is 5.53. The maximum atomic E-state index is 12.3. The zero-order valence-corrected chi connectivity index (χ0v) is 15.2. The second-order valence-corrected chi connectivity index (χ2v) is 6.89. The lowest BCUT2D eigenvalue weighted by molar-refractivity contribution is -0.138. The molecule has 1 heterocycles. The number of fused-ring (bicyclic) bond motifs is 1. The Bertz CT molecular complexity index is 848. The van der Waals surface area contributed by atoms with Crippen LogP contribution in [0.4, 0.5) is 0 Å². The highest BCUT2D eigenvalue weighted by Crippen LogP contribution is 2.27. The Morgan fingerprint density at radius 3 is 2.59 bits per heavy atom. The lowest BCUT2D eigenvalue weighted by Crippen LogP contribution is -2.25. The van der Waals surface area contributed by atoms with E-state index in [1.165, 1.54) is 6.92 Å². The second-order valence-electron chi connectivity index (χ2n) is 6.89. The minimum atomic E-state index is -1.09. The SMILES string of the molecule is CC(N=C1CCCC(=O)C1=C(O)CCc1noc2c1C(=O)CCC2)C(=O)O. The standard InChI is InChI=1S/C19H22N2O6/c1-10(19(25)26)20-11-4-2-5-13(22)17(11)15(24)9-8-12-18-14(23)6-3-7-16(18)27-21-12/h10,24H,2-9H2,1H3,(H,25,26). The third-order valence-corrected chi connectivity index (χ3v) is 4.90. The summed E-state index contributed by atoms with van der Waals surface area (Å²) in [4.78, 5) is 39.6. The van der Waals surface area contributed by atoms with Crippen LogP contribution >= 0.6 is 0 Å². The molecule has 1 aromatic heterocycles. The molecule has 2 aliphatic carbocycles. The van der Waals surface area contributed by atoms with Gasteiger partial charge in [0, 0.05) is 32.1 Å². The maximum absolute atomic E-state index is 12.3. The molecule has 0 amide bonds. The van der Waals surface area contributed by atoms with Crippen LogP contribution in [0, 0.1) is 0 Å². The van der Waals surface area contributed by atoms with Crippen molar-refractivity contribution in [2.45, 2.75) is 64.3 Å². The van der Waals surface area contributed by atoms with Crippen LogP contribution in [0.1, 0.15) is 67.3 Å². The lowest BCUT2D eigenvalue weighted by atomic mass is 9.88. The highest BCUT2D eigenvalue weighted by molar-refractivity contribution is 6.24. The van der Waals surface area contributed by atoms with Gasteiger partial charge in [-0.2, -0.15) is 0 Å². The van der Waals surface area contributed by atoms with Crippen molar-refractivity contribution >= 4 is 23.2 Å². The number of aliphatic hydroxyl groups excluding tert-OH is 1. The number of ketones is 2. The van der Waals surface area contributed by atoms with Gasteiger partial charge in [0.15, 0.2) is 11.6 Å². The van der Waals surface area contributed by atoms with E-state index in [2.05, 4.69) is 10.1 Å². The quantitative estimate of drug-likeness (QED) is 0.598. The Balaban J connectivity index is 1.83. The molecule has 2 N–H and O–H groups in total. The summed E-state index contributed by atoms with van der Waals surface area (Å²) in [6, 6.07) is -0.992. The summed E-state index contributed by atoms with van der Waals surface area (Å²) in [6.07, 6.45) is 3.54. The van der Waals surface area contributed by atoms with Gasteiger partial charge in [0.25, 0.3) is 0 Å². The van der Waals surface area contributed by atoms with E-state index in [9.17, 15) is 19.5 Å². The first kappa shape index (κ1) is 19.0. The Morgan fingerprint density at radius 2 is 1.85 bits per heavy atom. The topological polar surface area (TPSA) is 130 Å². The number of aryl methyl sites for hydroxylation is 2. The molecule has 1 unspecified atom stereocenters. The fourth-order valence-electron chi connectivity index (χ4n) is 3.49. The minimum absolute atomic E-state index is 0.00841. The molecule has 1 aromatic rings. The molecule has 8 nitrogen and oxygen atoms in total. The van der Waals surface area contributed by atoms with Crippen LogP contribution in [0.3, 0.4) is 0 Å². The number of carboxylic acid groups (broad SMARTS) is 1. The number of carbonyl (C=O) groups is 3. The van der Waals surface area contributed by atoms with E-state index < -0.39 is 12.0 Å². The highest BCUT2D eigenvalue weighted by atomic mass is 16.5. The van der Waals surface area contributed by atoms with Gasteiger partial charge in [-0.3, -0.25) is 14.6 Å². The molecule has 0 aliphatic heterocycles. The number of carboxylic acids is 1. The lowest BCUT2D eigenvalue weighted by Gasteiger charge is -2.18. The van der Waals surface area contributed by atoms with Crippen LogP contribution in [0.25, 0.3) is 0 Å². The van der Waals surface area contributed by atoms with Crippen LogP contribution in [0.2, 0.25) is 0 Å². The molecular weight excluding hydrogens is 352 g/mol. The first-order valence-electron chi connectivity index (χ1n) is 9.14. The monoisotopic (exact) mass is 374 g/mol. The normalized spacial score (nSPS) is 21.9. The number of aromatic nitrogens is 1. The predicted octanol–water partition coefficient (Wildman–Crippen LogP) is 2.61. The molecule has 0 aromatic carbocycles. The summed E-state index contributed by atoms with van der Waals surface area (Å²) < 4.78 is 5.23. The molecule has 1 saturated carbocycles. The molecule has 8 heteroatoms. The minimum Gasteiger partial charge on any atom is -0.511 e. The van der Waals surface area contributed by atoms with E-state index in [0.717, 1.165) is 6.42 Å². The van der Waals surface area contributed by atoms with E-state index >= 15 is 0 Å². The number of aliphatic carboxylic acids is 1. The van der Waals surface area contributed by atoms with Crippen molar-refractivity contribution in [3.05, 3.63) is 28.3 Å². The third-order valence-electron chi connectivity index (χ3n) is 4.90. The molecule has 0 radical (unpaired) electrons. The number of aliphatic imine (C=N–C) groups is 1. The molecule has 0 bridgehead atoms. The smallest absolute Gasteiger partial charge is 0.328 e. The van der Waals surface area contributed by atoms with E-state index in [0.29, 0.717) is 48.4 Å². The van der Waals surface area contributed by atoms with E-state index in [4.69, 9.17) is 9.63 Å². The first-order valence-corrected chi connectivity index (χ1v) is 9.14. The van der Waals surface area contributed by atoms with Crippen LogP contribution in [0.15, 0.2) is 20.8 Å². The van der Waals surface area contributed by atoms with Crippen LogP contribution in [-0.4, -0.2) is 44.7 Å². The maximum Gasteiger partial charge on any atom is 0.328 e. The van der Waals surface area contributed by atoms with Crippen molar-refractivity contribution in [2.75, 3.05) is 0 Å². The van der Waals surface area contributed by atoms with Gasteiger partial charge in [-0.1, -0.05) is 5.16 Å². The van der Waals surface area contributed by atoms with Gasteiger partial charge >= 0.3 is 5.97 Å². The van der Waals surface area contributed by atoms with Crippen molar-refractivity contribution in [3.8, 4) is 0 Å². The fraction of sp³-hybridized carbons (Fsp3) is 0.526. The van der Waals surface area contributed by atoms with Crippen molar-refractivity contribution < 1.29 is 29.1 Å². The zero-order chi connectivity index (χ0) is 19.6. The Hall–Kier alpha value is -2.77. The molecule has 2 aliphatic rings. The summed E-state index contributed by atoms with van der Waals surface area (Å²) in [5.74, 6) is -0.901. The number of aliphatic hydroxyl groups is 1. The summed E-state index contributed by atoms with van der Waals surface area (Å²) in [5.41, 5.74) is 1.43. The molecule has 0 spiro atoms. The summed E-state index contributed by atoms with van der Waals surface area (Å²) >= 11 is 0. The highest BCUT2D eigenvalue weighted by Gasteiger charge is 2.29. The van der Waals surface area contributed by atoms with Crippen LogP contribution in [0.5, 0.6) is 0 Å². The summed E-state index contributed by atoms with van der Waals surface area (Å²) in [7, 11) is 0. The Morgan fingerprint density at radius 1 is 1.15 bits per heavy atom. The van der Waals surface area contributed by atoms with Crippen LogP contribution < -0.4 is 0 Å². The van der Waals surface area contributed by atoms with Gasteiger partial charge < -0.3 is 14.7 Å². The number of rotatable bonds is 5. The first-order chi connectivity index (χ1) is 12.9. The van der Waals surface area contributed by atoms with E-state index in [1.54, 1.807) is 0 Å². The molecule has 3 rings (SSSR count). The van der Waals surface area contributed by atoms with Gasteiger partial charge in [0.05, 0.1) is 22.5 Å². The Labute approximate surface area is 156 Å². The van der Waals surface area contributed by atoms with Gasteiger partial charge in [0.2, 0.25) is 0 Å². The predicted molar refractivity (Wildman–Crippen MR) is 95.1 cm³/mol. The average molecular weight is 374 g/mol. The fourth-order valence-corrected chi connectivity index (χ4v) is 3.49. The number of hydrogen-bond donors (Lipinski definition) is 2. The van der Waals surface area contributed by atoms with Crippen molar-refractivity contribution in [1.82, 2.24) is 5.16 Å². The number of carbonyl (C=O) groups excluding carboxylic acids is 2. The molecule has 144 valence electrons. The summed E-state index contributed by atoms with van der Waals surface area (Å²) in [6.45, 7) is 1.43. The third kappa shape index (κ3) is 3.99. The molecule has 27 heavy (non-hydrogen) atoms. The second kappa shape index (κ2) is 7.85. The number of Topliss-reactive ketones (excluding diaryl/α,β-unsaturated/α-hetero) is 2. The van der Waals surface area contributed by atoms with Crippen molar-refractivity contribution in [2.24, 2.45) is 4.99 Å². The zero-order valence-electron chi connectivity index (χ0n) is 15.2. The van der Waals surface area contributed by atoms with Gasteiger partial charge in [0.1, 0.15) is 17.6 Å². The number of allylic oxidation sites excluding steroid dienone is 2. The number of hydrogen-bond acceptors (Lipinski definition) is 7. The van der Waals surface area contributed by atoms with Gasteiger partial charge in [-0.05, 0) is 26.2 Å². The van der Waals surface area contributed by atoms with Crippen molar-refractivity contribution in [3.63, 3.8) is 0 Å². The number of nitrogens with zero attached hydrogens (tertiary/aromatic N) is 2. The largest absolute Gasteiger partial charge is 0.511 e.